The summed E-state index contributed by atoms with van der Waals surface area (Å²) in [5, 5.41) is 0.731. The maximum atomic E-state index is 13.3. The summed E-state index contributed by atoms with van der Waals surface area (Å²) in [6.45, 7) is 1.78. The normalized spacial score (nSPS) is 10.8. The van der Waals surface area contributed by atoms with Crippen LogP contribution in [0.5, 0.6) is 5.75 Å². The lowest BCUT2D eigenvalue weighted by molar-refractivity contribution is 0.101. The Bertz CT molecular complexity index is 833. The highest BCUT2D eigenvalue weighted by Crippen LogP contribution is 2.29. The summed E-state index contributed by atoms with van der Waals surface area (Å²) in [6.07, 6.45) is 0. The smallest absolute Gasteiger partial charge is 0.232 e. The number of halogens is 1. The zero-order chi connectivity index (χ0) is 15.0. The molecular weight excluding hydrogens is 271 g/mol. The van der Waals surface area contributed by atoms with Gasteiger partial charge in [0.05, 0.1) is 12.7 Å². The third-order valence-corrected chi connectivity index (χ3v) is 3.46. The van der Waals surface area contributed by atoms with Crippen molar-refractivity contribution in [2.24, 2.45) is 0 Å². The van der Waals surface area contributed by atoms with Crippen molar-refractivity contribution >= 4 is 16.8 Å². The van der Waals surface area contributed by atoms with Gasteiger partial charge >= 0.3 is 0 Å². The average Bonchev–Trinajstić information content (AvgIpc) is 2.82. The van der Waals surface area contributed by atoms with E-state index in [0.717, 1.165) is 5.39 Å². The molecular formula is C17H13FO3. The Morgan fingerprint density at radius 2 is 1.95 bits per heavy atom. The largest absolute Gasteiger partial charge is 0.496 e. The third kappa shape index (κ3) is 2.18. The Morgan fingerprint density at radius 3 is 2.71 bits per heavy atom. The number of furan rings is 1. The van der Waals surface area contributed by atoms with Gasteiger partial charge in [0, 0.05) is 17.0 Å². The Morgan fingerprint density at radius 1 is 1.19 bits per heavy atom. The predicted octanol–water partition coefficient (Wildman–Crippen LogP) is 4.12. The number of hydrogen-bond donors (Lipinski definition) is 0. The summed E-state index contributed by atoms with van der Waals surface area (Å²) in [5.41, 5.74) is 1.48. The highest BCUT2D eigenvalue weighted by atomic mass is 19.1. The second-order valence-electron chi connectivity index (χ2n) is 4.73. The molecule has 0 spiro atoms. The molecule has 21 heavy (non-hydrogen) atoms. The molecule has 0 radical (unpaired) electrons. The van der Waals surface area contributed by atoms with E-state index >= 15 is 0 Å². The van der Waals surface area contributed by atoms with E-state index in [9.17, 15) is 9.18 Å². The summed E-state index contributed by atoms with van der Waals surface area (Å²) >= 11 is 0. The summed E-state index contributed by atoms with van der Waals surface area (Å²) < 4.78 is 24.0. The number of hydrogen-bond acceptors (Lipinski definition) is 3. The molecule has 3 nitrogen and oxygen atoms in total. The fourth-order valence-corrected chi connectivity index (χ4v) is 2.37. The molecule has 0 bridgehead atoms. The van der Waals surface area contributed by atoms with E-state index < -0.39 is 5.82 Å². The van der Waals surface area contributed by atoms with Gasteiger partial charge in [0.2, 0.25) is 5.78 Å². The number of para-hydroxylation sites is 1. The third-order valence-electron chi connectivity index (χ3n) is 3.46. The Balaban J connectivity index is 2.16. The van der Waals surface area contributed by atoms with Crippen LogP contribution < -0.4 is 4.74 Å². The first kappa shape index (κ1) is 13.4. The van der Waals surface area contributed by atoms with Crippen LogP contribution in [0, 0.1) is 12.7 Å². The number of methoxy groups -OCH3 is 1. The Hall–Kier alpha value is -2.62. The van der Waals surface area contributed by atoms with Crippen LogP contribution in [0.1, 0.15) is 21.7 Å². The van der Waals surface area contributed by atoms with Crippen molar-refractivity contribution in [2.75, 3.05) is 7.11 Å². The molecule has 0 saturated carbocycles. The van der Waals surface area contributed by atoms with Gasteiger partial charge in [-0.25, -0.2) is 4.39 Å². The van der Waals surface area contributed by atoms with Crippen LogP contribution in [0.25, 0.3) is 11.0 Å². The minimum absolute atomic E-state index is 0.208. The van der Waals surface area contributed by atoms with Gasteiger partial charge in [-0.15, -0.1) is 0 Å². The fraction of sp³-hybridized carbons (Fsp3) is 0.118. The van der Waals surface area contributed by atoms with Crippen LogP contribution in [-0.4, -0.2) is 12.9 Å². The first-order valence-corrected chi connectivity index (χ1v) is 6.48. The summed E-state index contributed by atoms with van der Waals surface area (Å²) in [5.74, 6) is 0.0164. The molecule has 0 aliphatic rings. The maximum Gasteiger partial charge on any atom is 0.232 e. The number of ether oxygens (including phenoxy) is 1. The monoisotopic (exact) mass is 284 g/mol. The van der Waals surface area contributed by atoms with Crippen molar-refractivity contribution < 1.29 is 18.3 Å². The van der Waals surface area contributed by atoms with E-state index in [4.69, 9.17) is 9.15 Å². The van der Waals surface area contributed by atoms with Crippen LogP contribution in [-0.2, 0) is 0 Å². The van der Waals surface area contributed by atoms with E-state index in [0.29, 0.717) is 22.5 Å². The topological polar surface area (TPSA) is 39.4 Å². The Labute approximate surface area is 120 Å². The average molecular weight is 284 g/mol. The van der Waals surface area contributed by atoms with Crippen LogP contribution in [0.15, 0.2) is 46.9 Å². The first-order valence-electron chi connectivity index (χ1n) is 6.48. The van der Waals surface area contributed by atoms with E-state index in [1.54, 1.807) is 37.3 Å². The SMILES string of the molecule is COc1ccccc1C(=O)c1oc2cc(F)ccc2c1C. The Kier molecular flexibility index (Phi) is 3.22. The summed E-state index contributed by atoms with van der Waals surface area (Å²) in [7, 11) is 1.51. The zero-order valence-corrected chi connectivity index (χ0v) is 11.6. The van der Waals surface area contributed by atoms with Crippen LogP contribution in [0.4, 0.5) is 4.39 Å². The second kappa shape index (κ2) is 5.05. The number of benzene rings is 2. The van der Waals surface area contributed by atoms with Crippen molar-refractivity contribution in [1.29, 1.82) is 0 Å². The lowest BCUT2D eigenvalue weighted by atomic mass is 10.0. The van der Waals surface area contributed by atoms with Crippen molar-refractivity contribution in [3.63, 3.8) is 0 Å². The molecule has 0 unspecified atom stereocenters. The summed E-state index contributed by atoms with van der Waals surface area (Å²) in [4.78, 5) is 12.6. The van der Waals surface area contributed by atoms with E-state index in [-0.39, 0.29) is 11.5 Å². The molecule has 2 aromatic carbocycles. The van der Waals surface area contributed by atoms with Crippen molar-refractivity contribution in [3.05, 3.63) is 65.2 Å². The van der Waals surface area contributed by atoms with Crippen molar-refractivity contribution in [1.82, 2.24) is 0 Å². The standard InChI is InChI=1S/C17H13FO3/c1-10-12-8-7-11(18)9-15(12)21-17(10)16(19)13-5-3-4-6-14(13)20-2/h3-9H,1-2H3. The molecule has 0 aliphatic carbocycles. The molecule has 0 N–H and O–H groups in total. The van der Waals surface area contributed by atoms with Gasteiger partial charge in [-0.3, -0.25) is 4.79 Å². The van der Waals surface area contributed by atoms with E-state index in [2.05, 4.69) is 0 Å². The molecule has 1 heterocycles. The summed E-state index contributed by atoms with van der Waals surface area (Å²) in [6, 6.07) is 11.2. The van der Waals surface area contributed by atoms with E-state index in [1.165, 1.54) is 19.2 Å². The first-order chi connectivity index (χ1) is 10.1. The molecule has 3 rings (SSSR count). The number of carbonyl (C=O) groups excluding carboxylic acids is 1. The molecule has 106 valence electrons. The fourth-order valence-electron chi connectivity index (χ4n) is 2.37. The number of aryl methyl sites for hydroxylation is 1. The minimum Gasteiger partial charge on any atom is -0.496 e. The molecule has 0 amide bonds. The highest BCUT2D eigenvalue weighted by molar-refractivity contribution is 6.12. The molecule has 4 heteroatoms. The van der Waals surface area contributed by atoms with Gasteiger partial charge in [-0.2, -0.15) is 0 Å². The van der Waals surface area contributed by atoms with Gasteiger partial charge in [-0.05, 0) is 31.2 Å². The van der Waals surface area contributed by atoms with Gasteiger partial charge in [0.1, 0.15) is 17.1 Å². The number of rotatable bonds is 3. The van der Waals surface area contributed by atoms with Gasteiger partial charge in [0.25, 0.3) is 0 Å². The quantitative estimate of drug-likeness (QED) is 0.679. The lowest BCUT2D eigenvalue weighted by Gasteiger charge is -2.05. The molecule has 3 aromatic rings. The van der Waals surface area contributed by atoms with Crippen LogP contribution >= 0.6 is 0 Å². The molecule has 0 atom stereocenters. The maximum absolute atomic E-state index is 13.3. The van der Waals surface area contributed by atoms with Crippen molar-refractivity contribution in [3.8, 4) is 5.75 Å². The van der Waals surface area contributed by atoms with Crippen LogP contribution in [0.2, 0.25) is 0 Å². The van der Waals surface area contributed by atoms with Gasteiger partial charge in [-0.1, -0.05) is 12.1 Å². The molecule has 1 aromatic heterocycles. The van der Waals surface area contributed by atoms with E-state index in [1.807, 2.05) is 0 Å². The van der Waals surface area contributed by atoms with Gasteiger partial charge < -0.3 is 9.15 Å². The van der Waals surface area contributed by atoms with Crippen LogP contribution in [0.3, 0.4) is 0 Å². The second-order valence-corrected chi connectivity index (χ2v) is 4.73. The minimum atomic E-state index is -0.396. The number of ketones is 1. The lowest BCUT2D eigenvalue weighted by Crippen LogP contribution is -2.04. The highest BCUT2D eigenvalue weighted by Gasteiger charge is 2.21. The predicted molar refractivity (Wildman–Crippen MR) is 77.3 cm³/mol. The molecule has 0 saturated heterocycles. The number of carbonyl (C=O) groups is 1. The van der Waals surface area contributed by atoms with Gasteiger partial charge in [0.15, 0.2) is 5.76 Å². The number of fused-ring (bicyclic) bond motifs is 1. The van der Waals surface area contributed by atoms with Crippen molar-refractivity contribution in [2.45, 2.75) is 6.92 Å². The molecule has 0 aliphatic heterocycles. The molecule has 0 fully saturated rings. The zero-order valence-electron chi connectivity index (χ0n) is 11.6.